The van der Waals surface area contributed by atoms with E-state index in [1.807, 2.05) is 0 Å². The number of oxime groups is 1. The summed E-state index contributed by atoms with van der Waals surface area (Å²) in [6.45, 7) is 1.62. The van der Waals surface area contributed by atoms with Gasteiger partial charge in [-0.15, -0.1) is 0 Å². The molecule has 0 aliphatic heterocycles. The molecule has 3 rings (SSSR count). The number of nitrogens with zero attached hydrogens (tertiary/aromatic N) is 2. The lowest BCUT2D eigenvalue weighted by molar-refractivity contribution is 0.167. The average molecular weight is 459 g/mol. The van der Waals surface area contributed by atoms with Gasteiger partial charge in [0.05, 0.1) is 26.3 Å². The molecular formula is C18H11Cl4N3O3. The van der Waals surface area contributed by atoms with Crippen molar-refractivity contribution in [1.82, 2.24) is 5.16 Å². The second-order valence-electron chi connectivity index (χ2n) is 5.47. The summed E-state index contributed by atoms with van der Waals surface area (Å²) < 4.78 is 5.16. The standard InChI is InChI=1S/C18H11Cl4N3O3/c1-9-16(17(25-27-9)15-12(20)3-2-4-13(15)21)24-18(26)28-23-8-10-5-6-11(19)14(22)7-10/h2-8H,1H3,(H,24,26)/b23-8+. The van der Waals surface area contributed by atoms with E-state index in [2.05, 4.69) is 15.6 Å². The number of rotatable bonds is 4. The van der Waals surface area contributed by atoms with Crippen LogP contribution in [0.2, 0.25) is 20.1 Å². The van der Waals surface area contributed by atoms with E-state index in [-0.39, 0.29) is 11.4 Å². The third-order valence-corrected chi connectivity index (χ3v) is 4.94. The summed E-state index contributed by atoms with van der Waals surface area (Å²) in [4.78, 5) is 16.9. The molecule has 1 N–H and O–H groups in total. The molecule has 0 atom stereocenters. The van der Waals surface area contributed by atoms with Crippen LogP contribution in [0.15, 0.2) is 46.1 Å². The van der Waals surface area contributed by atoms with E-state index in [0.717, 1.165) is 0 Å². The number of carbonyl (C=O) groups excluding carboxylic acids is 1. The summed E-state index contributed by atoms with van der Waals surface area (Å²) in [6.07, 6.45) is 0.459. The molecule has 0 aliphatic rings. The number of amides is 1. The Balaban J connectivity index is 1.75. The van der Waals surface area contributed by atoms with E-state index in [1.165, 1.54) is 6.21 Å². The summed E-state index contributed by atoms with van der Waals surface area (Å²) in [7, 11) is 0. The van der Waals surface area contributed by atoms with E-state index in [9.17, 15) is 4.79 Å². The number of carbonyl (C=O) groups is 1. The van der Waals surface area contributed by atoms with Crippen LogP contribution in [0, 0.1) is 6.92 Å². The summed E-state index contributed by atoms with van der Waals surface area (Å²) in [5, 5.41) is 11.5. The Bertz CT molecular complexity index is 1050. The van der Waals surface area contributed by atoms with E-state index in [0.29, 0.717) is 37.0 Å². The number of hydrogen-bond donors (Lipinski definition) is 1. The van der Waals surface area contributed by atoms with E-state index in [1.54, 1.807) is 43.3 Å². The van der Waals surface area contributed by atoms with Crippen molar-refractivity contribution in [2.45, 2.75) is 6.92 Å². The Hall–Kier alpha value is -2.25. The van der Waals surface area contributed by atoms with Crippen LogP contribution in [0.25, 0.3) is 11.3 Å². The van der Waals surface area contributed by atoms with Crippen molar-refractivity contribution >= 4 is 64.4 Å². The molecule has 0 saturated carbocycles. The van der Waals surface area contributed by atoms with Gasteiger partial charge in [-0.25, -0.2) is 4.79 Å². The molecule has 0 aliphatic carbocycles. The number of nitrogens with one attached hydrogen (secondary N) is 1. The van der Waals surface area contributed by atoms with Crippen molar-refractivity contribution in [2.75, 3.05) is 5.32 Å². The quantitative estimate of drug-likeness (QED) is 0.263. The first-order chi connectivity index (χ1) is 13.4. The molecule has 144 valence electrons. The molecule has 0 unspecified atom stereocenters. The van der Waals surface area contributed by atoms with Gasteiger partial charge >= 0.3 is 6.09 Å². The molecule has 1 heterocycles. The third-order valence-electron chi connectivity index (χ3n) is 3.57. The SMILES string of the molecule is Cc1onc(-c2c(Cl)cccc2Cl)c1NC(=O)O/N=C/c1ccc(Cl)c(Cl)c1. The normalized spacial score (nSPS) is 11.0. The van der Waals surface area contributed by atoms with Crippen LogP contribution in [0.3, 0.4) is 0 Å². The van der Waals surface area contributed by atoms with Crippen molar-refractivity contribution < 1.29 is 14.2 Å². The van der Waals surface area contributed by atoms with Gasteiger partial charge in [0.2, 0.25) is 0 Å². The van der Waals surface area contributed by atoms with Crippen LogP contribution in [-0.2, 0) is 4.84 Å². The molecule has 6 nitrogen and oxygen atoms in total. The van der Waals surface area contributed by atoms with Crippen LogP contribution in [-0.4, -0.2) is 17.5 Å². The molecule has 28 heavy (non-hydrogen) atoms. The highest BCUT2D eigenvalue weighted by atomic mass is 35.5. The summed E-state index contributed by atoms with van der Waals surface area (Å²) in [5.41, 5.74) is 1.58. The highest BCUT2D eigenvalue weighted by Gasteiger charge is 2.21. The zero-order valence-electron chi connectivity index (χ0n) is 14.2. The second kappa shape index (κ2) is 8.84. The topological polar surface area (TPSA) is 76.7 Å². The number of anilines is 1. The van der Waals surface area contributed by atoms with Gasteiger partial charge in [-0.2, -0.15) is 0 Å². The van der Waals surface area contributed by atoms with Crippen LogP contribution < -0.4 is 5.32 Å². The maximum Gasteiger partial charge on any atom is 0.438 e. The molecule has 1 aromatic heterocycles. The molecule has 0 saturated heterocycles. The minimum absolute atomic E-state index is 0.268. The van der Waals surface area contributed by atoms with Gasteiger partial charge in [-0.1, -0.05) is 68.8 Å². The van der Waals surface area contributed by atoms with Crippen molar-refractivity contribution in [3.05, 3.63) is 67.8 Å². The van der Waals surface area contributed by atoms with Crippen molar-refractivity contribution in [2.24, 2.45) is 5.16 Å². The predicted molar refractivity (Wildman–Crippen MR) is 111 cm³/mol. The Kier molecular flexibility index (Phi) is 6.46. The number of aromatic nitrogens is 1. The smallest absolute Gasteiger partial charge is 0.359 e. The fraction of sp³-hybridized carbons (Fsp3) is 0.0556. The number of benzene rings is 2. The fourth-order valence-corrected chi connectivity index (χ4v) is 3.15. The van der Waals surface area contributed by atoms with Gasteiger partial charge in [0.1, 0.15) is 11.4 Å². The Morgan fingerprint density at radius 1 is 1.11 bits per heavy atom. The lowest BCUT2D eigenvalue weighted by atomic mass is 10.1. The van der Waals surface area contributed by atoms with Crippen LogP contribution in [0.5, 0.6) is 0 Å². The van der Waals surface area contributed by atoms with Gasteiger partial charge < -0.3 is 4.52 Å². The number of halogens is 4. The average Bonchev–Trinajstić information content (AvgIpc) is 2.98. The van der Waals surface area contributed by atoms with E-state index in [4.69, 9.17) is 55.8 Å². The molecule has 0 spiro atoms. The van der Waals surface area contributed by atoms with Gasteiger partial charge in [0.15, 0.2) is 5.76 Å². The molecule has 10 heteroatoms. The van der Waals surface area contributed by atoms with Gasteiger partial charge in [-0.05, 0) is 36.8 Å². The predicted octanol–water partition coefficient (Wildman–Crippen LogP) is 6.85. The van der Waals surface area contributed by atoms with Crippen LogP contribution in [0.4, 0.5) is 10.5 Å². The second-order valence-corrected chi connectivity index (χ2v) is 7.10. The monoisotopic (exact) mass is 457 g/mol. The lowest BCUT2D eigenvalue weighted by Crippen LogP contribution is -2.12. The highest BCUT2D eigenvalue weighted by molar-refractivity contribution is 6.42. The maximum atomic E-state index is 12.1. The Morgan fingerprint density at radius 3 is 2.50 bits per heavy atom. The number of hydrogen-bond acceptors (Lipinski definition) is 5. The maximum absolute atomic E-state index is 12.1. The zero-order valence-corrected chi connectivity index (χ0v) is 17.2. The molecule has 0 bridgehead atoms. The van der Waals surface area contributed by atoms with Crippen LogP contribution >= 0.6 is 46.4 Å². The number of aryl methyl sites for hydroxylation is 1. The Labute approximate surface area is 179 Å². The van der Waals surface area contributed by atoms with Gasteiger partial charge in [0, 0.05) is 5.56 Å². The van der Waals surface area contributed by atoms with Crippen molar-refractivity contribution in [1.29, 1.82) is 0 Å². The van der Waals surface area contributed by atoms with Crippen molar-refractivity contribution in [3.63, 3.8) is 0 Å². The fourth-order valence-electron chi connectivity index (χ4n) is 2.27. The first-order valence-corrected chi connectivity index (χ1v) is 9.25. The van der Waals surface area contributed by atoms with Crippen LogP contribution in [0.1, 0.15) is 11.3 Å². The van der Waals surface area contributed by atoms with E-state index < -0.39 is 6.09 Å². The lowest BCUT2D eigenvalue weighted by Gasteiger charge is -2.07. The molecule has 0 fully saturated rings. The molecule has 3 aromatic rings. The summed E-state index contributed by atoms with van der Waals surface area (Å²) in [5.74, 6) is 0.344. The largest absolute Gasteiger partial charge is 0.438 e. The molecular weight excluding hydrogens is 448 g/mol. The molecule has 0 radical (unpaired) electrons. The first-order valence-electron chi connectivity index (χ1n) is 7.74. The first kappa shape index (κ1) is 20.5. The van der Waals surface area contributed by atoms with Crippen molar-refractivity contribution in [3.8, 4) is 11.3 Å². The van der Waals surface area contributed by atoms with Gasteiger partial charge in [0.25, 0.3) is 0 Å². The summed E-state index contributed by atoms with van der Waals surface area (Å²) >= 11 is 24.2. The highest BCUT2D eigenvalue weighted by Crippen LogP contribution is 2.39. The third kappa shape index (κ3) is 4.59. The molecule has 1 amide bonds. The van der Waals surface area contributed by atoms with Gasteiger partial charge in [-0.3, -0.25) is 10.2 Å². The Morgan fingerprint density at radius 2 is 1.82 bits per heavy atom. The summed E-state index contributed by atoms with van der Waals surface area (Å²) in [6, 6.07) is 9.84. The minimum atomic E-state index is -0.855. The molecule has 2 aromatic carbocycles. The minimum Gasteiger partial charge on any atom is -0.359 e. The zero-order chi connectivity index (χ0) is 20.3. The van der Waals surface area contributed by atoms with E-state index >= 15 is 0 Å².